The number of nitrogens with zero attached hydrogens (tertiary/aromatic N) is 3. The van der Waals surface area contributed by atoms with E-state index in [1.165, 1.54) is 0 Å². The second-order valence-electron chi connectivity index (χ2n) is 4.74. The topological polar surface area (TPSA) is 104 Å². The zero-order chi connectivity index (χ0) is 16.3. The average Bonchev–Trinajstić information content (AvgIpc) is 2.78. The largest absolute Gasteiger partial charge is 0.493 e. The molecule has 1 unspecified atom stereocenters. The van der Waals surface area contributed by atoms with Gasteiger partial charge in [0.1, 0.15) is 0 Å². The molecule has 2 N–H and O–H groups in total. The van der Waals surface area contributed by atoms with E-state index in [-0.39, 0.29) is 17.5 Å². The van der Waals surface area contributed by atoms with Crippen molar-refractivity contribution < 1.29 is 19.8 Å². The van der Waals surface area contributed by atoms with Gasteiger partial charge in [-0.15, -0.1) is 5.11 Å². The second-order valence-corrected chi connectivity index (χ2v) is 5.11. The molecule has 2 rings (SSSR count). The number of thiol groups is 1. The van der Waals surface area contributed by atoms with E-state index in [0.717, 1.165) is 4.57 Å². The van der Waals surface area contributed by atoms with Crippen LogP contribution < -0.4 is 0 Å². The van der Waals surface area contributed by atoms with Crippen molar-refractivity contribution in [1.82, 2.24) is 4.57 Å². The van der Waals surface area contributed by atoms with E-state index >= 15 is 0 Å². The van der Waals surface area contributed by atoms with Crippen LogP contribution in [-0.2, 0) is 4.79 Å². The minimum absolute atomic E-state index is 0.0802. The van der Waals surface area contributed by atoms with Crippen LogP contribution in [0.15, 0.2) is 34.5 Å². The summed E-state index contributed by atoms with van der Waals surface area (Å²) < 4.78 is 1.16. The summed E-state index contributed by atoms with van der Waals surface area (Å²) >= 11 is 4.10. The molecule has 22 heavy (non-hydrogen) atoms. The van der Waals surface area contributed by atoms with Crippen molar-refractivity contribution in [2.45, 2.75) is 6.92 Å². The lowest BCUT2D eigenvalue weighted by molar-refractivity contribution is -0.135. The molecule has 0 aliphatic rings. The Labute approximate surface area is 131 Å². The van der Waals surface area contributed by atoms with Crippen molar-refractivity contribution in [3.8, 4) is 5.88 Å². The van der Waals surface area contributed by atoms with Crippen molar-refractivity contribution in [1.29, 1.82) is 0 Å². The predicted octanol–water partition coefficient (Wildman–Crippen LogP) is 2.72. The number of fused-ring (bicyclic) bond motifs is 1. The van der Waals surface area contributed by atoms with Gasteiger partial charge in [0.15, 0.2) is 12.2 Å². The number of aliphatic carboxylic acids is 1. The van der Waals surface area contributed by atoms with E-state index in [1.54, 1.807) is 31.2 Å². The summed E-state index contributed by atoms with van der Waals surface area (Å²) in [5.74, 6) is -1.86. The Hall–Kier alpha value is -2.35. The van der Waals surface area contributed by atoms with Gasteiger partial charge in [0.25, 0.3) is 0 Å². The van der Waals surface area contributed by atoms with Crippen molar-refractivity contribution in [2.24, 2.45) is 16.1 Å². The SMILES string of the molecule is CC(CS)C(=O)n1c(O)c(N=NCC(=O)O)c2ccccc21. The van der Waals surface area contributed by atoms with Crippen LogP contribution in [0.2, 0.25) is 0 Å². The monoisotopic (exact) mass is 321 g/mol. The Balaban J connectivity index is 2.59. The van der Waals surface area contributed by atoms with Crippen LogP contribution in [0.1, 0.15) is 11.7 Å². The van der Waals surface area contributed by atoms with Gasteiger partial charge in [0, 0.05) is 17.1 Å². The standard InChI is InChI=1S/C14H15N3O4S/c1-8(7-22)13(20)17-10-5-3-2-4-9(10)12(14(17)21)16-15-6-11(18)19/h2-5,8,21-22H,6-7H2,1H3,(H,18,19). The molecule has 0 amide bonds. The van der Waals surface area contributed by atoms with Crippen molar-refractivity contribution >= 4 is 41.1 Å². The van der Waals surface area contributed by atoms with E-state index in [2.05, 4.69) is 22.9 Å². The third-order valence-electron chi connectivity index (χ3n) is 3.12. The Morgan fingerprint density at radius 1 is 1.36 bits per heavy atom. The number of hydrogen-bond acceptors (Lipinski definition) is 6. The van der Waals surface area contributed by atoms with Crippen molar-refractivity contribution in [3.05, 3.63) is 24.3 Å². The summed E-state index contributed by atoms with van der Waals surface area (Å²) in [4.78, 5) is 22.9. The number of carboxylic acid groups (broad SMARTS) is 1. The number of hydrogen-bond donors (Lipinski definition) is 3. The molecule has 1 aromatic heterocycles. The molecule has 116 valence electrons. The van der Waals surface area contributed by atoms with Gasteiger partial charge in [-0.05, 0) is 6.07 Å². The lowest BCUT2D eigenvalue weighted by Gasteiger charge is -2.10. The molecule has 2 aromatic rings. The minimum Gasteiger partial charge on any atom is -0.493 e. The summed E-state index contributed by atoms with van der Waals surface area (Å²) in [6, 6.07) is 6.82. The summed E-state index contributed by atoms with van der Waals surface area (Å²) in [5, 5.41) is 26.7. The summed E-state index contributed by atoms with van der Waals surface area (Å²) in [5.41, 5.74) is 0.569. The first kappa shape index (κ1) is 16.0. The fraction of sp³-hybridized carbons (Fsp3) is 0.286. The van der Waals surface area contributed by atoms with Gasteiger partial charge in [-0.1, -0.05) is 25.1 Å². The number of aromatic nitrogens is 1. The highest BCUT2D eigenvalue weighted by Crippen LogP contribution is 2.39. The van der Waals surface area contributed by atoms with E-state index in [1.807, 2.05) is 0 Å². The first-order valence-corrected chi connectivity index (χ1v) is 7.17. The van der Waals surface area contributed by atoms with E-state index in [9.17, 15) is 14.7 Å². The Morgan fingerprint density at radius 3 is 2.68 bits per heavy atom. The summed E-state index contributed by atoms with van der Waals surface area (Å²) in [6.07, 6.45) is 0. The third kappa shape index (κ3) is 2.96. The fourth-order valence-electron chi connectivity index (χ4n) is 2.00. The number of para-hydroxylation sites is 1. The van der Waals surface area contributed by atoms with Crippen molar-refractivity contribution in [2.75, 3.05) is 12.3 Å². The Morgan fingerprint density at radius 2 is 2.05 bits per heavy atom. The van der Waals surface area contributed by atoms with Gasteiger partial charge in [-0.2, -0.15) is 17.7 Å². The molecule has 0 spiro atoms. The van der Waals surface area contributed by atoms with E-state index in [0.29, 0.717) is 16.7 Å². The number of azo groups is 1. The fourth-order valence-corrected chi connectivity index (χ4v) is 2.15. The Kier molecular flexibility index (Phi) is 4.81. The zero-order valence-corrected chi connectivity index (χ0v) is 12.7. The van der Waals surface area contributed by atoms with Crippen LogP contribution in [0.25, 0.3) is 10.9 Å². The van der Waals surface area contributed by atoms with Gasteiger partial charge in [0.2, 0.25) is 11.8 Å². The molecular formula is C14H15N3O4S. The minimum atomic E-state index is -1.13. The summed E-state index contributed by atoms with van der Waals surface area (Å²) in [7, 11) is 0. The number of carbonyl (C=O) groups excluding carboxylic acids is 1. The van der Waals surface area contributed by atoms with Crippen LogP contribution in [-0.4, -0.2) is 39.0 Å². The first-order valence-electron chi connectivity index (χ1n) is 6.54. The molecule has 0 aliphatic heterocycles. The highest BCUT2D eigenvalue weighted by atomic mass is 32.1. The quantitative estimate of drug-likeness (QED) is 0.581. The van der Waals surface area contributed by atoms with Gasteiger partial charge in [0.05, 0.1) is 5.52 Å². The number of rotatable bonds is 5. The average molecular weight is 321 g/mol. The van der Waals surface area contributed by atoms with Gasteiger partial charge in [-0.3, -0.25) is 9.59 Å². The molecule has 0 saturated carbocycles. The van der Waals surface area contributed by atoms with Crippen LogP contribution >= 0.6 is 12.6 Å². The maximum absolute atomic E-state index is 12.4. The molecule has 0 radical (unpaired) electrons. The molecule has 1 atom stereocenters. The number of benzene rings is 1. The van der Waals surface area contributed by atoms with Crippen LogP contribution in [0.5, 0.6) is 5.88 Å². The molecular weight excluding hydrogens is 306 g/mol. The third-order valence-corrected chi connectivity index (χ3v) is 3.66. The number of aromatic hydroxyl groups is 1. The maximum Gasteiger partial charge on any atom is 0.327 e. The smallest absolute Gasteiger partial charge is 0.327 e. The highest BCUT2D eigenvalue weighted by Gasteiger charge is 2.23. The molecule has 1 aromatic carbocycles. The lowest BCUT2D eigenvalue weighted by atomic mass is 10.2. The van der Waals surface area contributed by atoms with Gasteiger partial charge >= 0.3 is 5.97 Å². The number of carbonyl (C=O) groups is 2. The molecule has 0 fully saturated rings. The molecule has 8 heteroatoms. The number of carboxylic acids is 1. The second kappa shape index (κ2) is 6.61. The Bertz CT molecular complexity index is 754. The molecule has 0 bridgehead atoms. The van der Waals surface area contributed by atoms with Gasteiger partial charge in [-0.25, -0.2) is 4.57 Å². The van der Waals surface area contributed by atoms with E-state index in [4.69, 9.17) is 5.11 Å². The van der Waals surface area contributed by atoms with E-state index < -0.39 is 18.4 Å². The molecule has 0 aliphatic carbocycles. The van der Waals surface area contributed by atoms with Crippen LogP contribution in [0, 0.1) is 5.92 Å². The van der Waals surface area contributed by atoms with Crippen molar-refractivity contribution in [3.63, 3.8) is 0 Å². The highest BCUT2D eigenvalue weighted by molar-refractivity contribution is 7.80. The zero-order valence-electron chi connectivity index (χ0n) is 11.8. The lowest BCUT2D eigenvalue weighted by Crippen LogP contribution is -2.19. The van der Waals surface area contributed by atoms with Crippen LogP contribution in [0.3, 0.4) is 0 Å². The molecule has 1 heterocycles. The molecule has 0 saturated heterocycles. The normalized spacial score (nSPS) is 12.8. The maximum atomic E-state index is 12.4. The predicted molar refractivity (Wildman–Crippen MR) is 84.3 cm³/mol. The van der Waals surface area contributed by atoms with Gasteiger partial charge < -0.3 is 10.2 Å². The summed E-state index contributed by atoms with van der Waals surface area (Å²) in [6.45, 7) is 1.19. The van der Waals surface area contributed by atoms with Crippen LogP contribution in [0.4, 0.5) is 5.69 Å². The first-order chi connectivity index (χ1) is 10.5. The molecule has 7 nitrogen and oxygen atoms in total.